The third-order valence-electron chi connectivity index (χ3n) is 2.24. The highest BCUT2D eigenvalue weighted by Crippen LogP contribution is 2.08. The molecule has 0 aliphatic rings. The first kappa shape index (κ1) is 11.5. The molecule has 84 valence electrons. The van der Waals surface area contributed by atoms with Crippen LogP contribution in [0.4, 0.5) is 0 Å². The van der Waals surface area contributed by atoms with Gasteiger partial charge in [0, 0.05) is 16.2 Å². The zero-order valence-electron chi connectivity index (χ0n) is 8.81. The van der Waals surface area contributed by atoms with Crippen LogP contribution in [0, 0.1) is 3.57 Å². The summed E-state index contributed by atoms with van der Waals surface area (Å²) in [5, 5.41) is 8.11. The van der Waals surface area contributed by atoms with Gasteiger partial charge in [-0.15, -0.1) is 5.10 Å². The molecule has 1 aromatic heterocycles. The predicted molar refractivity (Wildman–Crippen MR) is 71.0 cm³/mol. The second kappa shape index (κ2) is 5.40. The van der Waals surface area contributed by atoms with Gasteiger partial charge in [-0.3, -0.25) is 0 Å². The highest BCUT2D eigenvalue weighted by molar-refractivity contribution is 14.1. The lowest BCUT2D eigenvalue weighted by atomic mass is 10.2. The molecule has 0 atom stereocenters. The van der Waals surface area contributed by atoms with Gasteiger partial charge in [0.15, 0.2) is 0 Å². The molecule has 0 fully saturated rings. The van der Waals surface area contributed by atoms with Crippen LogP contribution in [0.25, 0.3) is 0 Å². The average Bonchev–Trinajstić information content (AvgIpc) is 2.70. The molecule has 0 amide bonds. The Morgan fingerprint density at radius 1 is 1.25 bits per heavy atom. The van der Waals surface area contributed by atoms with Crippen LogP contribution < -0.4 is 5.73 Å². The van der Waals surface area contributed by atoms with Crippen molar-refractivity contribution in [1.29, 1.82) is 0 Å². The molecule has 1 aromatic carbocycles. The molecule has 2 rings (SSSR count). The Hall–Kier alpha value is -0.950. The van der Waals surface area contributed by atoms with Gasteiger partial charge in [-0.05, 0) is 46.8 Å². The Morgan fingerprint density at radius 3 is 2.69 bits per heavy atom. The van der Waals surface area contributed by atoms with Crippen LogP contribution >= 0.6 is 22.6 Å². The maximum Gasteiger partial charge on any atom is 0.0839 e. The minimum atomic E-state index is 0.613. The number of hydrogen-bond donors (Lipinski definition) is 1. The summed E-state index contributed by atoms with van der Waals surface area (Å²) in [6.07, 6.45) is 2.73. The van der Waals surface area contributed by atoms with Crippen molar-refractivity contribution in [3.05, 3.63) is 45.3 Å². The van der Waals surface area contributed by atoms with Crippen molar-refractivity contribution >= 4 is 22.6 Å². The molecule has 1 heterocycles. The Balaban J connectivity index is 2.05. The zero-order chi connectivity index (χ0) is 11.4. The third-order valence-corrected chi connectivity index (χ3v) is 2.96. The third kappa shape index (κ3) is 3.02. The molecule has 0 radical (unpaired) electrons. The lowest BCUT2D eigenvalue weighted by Crippen LogP contribution is -2.02. The molecule has 2 N–H and O–H groups in total. The maximum absolute atomic E-state index is 5.46. The number of hydrogen-bond acceptors (Lipinski definition) is 3. The summed E-state index contributed by atoms with van der Waals surface area (Å²) in [6, 6.07) is 8.39. The number of aromatic nitrogens is 3. The highest BCUT2D eigenvalue weighted by atomic mass is 127. The molecule has 16 heavy (non-hydrogen) atoms. The Morgan fingerprint density at radius 2 is 2.00 bits per heavy atom. The molecule has 5 heteroatoms. The number of nitrogens with zero attached hydrogens (tertiary/aromatic N) is 3. The summed E-state index contributed by atoms with van der Waals surface area (Å²) in [4.78, 5) is 0. The van der Waals surface area contributed by atoms with Gasteiger partial charge in [0.05, 0.1) is 12.2 Å². The summed E-state index contributed by atoms with van der Waals surface area (Å²) >= 11 is 2.29. The van der Waals surface area contributed by atoms with Crippen molar-refractivity contribution in [3.8, 4) is 0 Å². The van der Waals surface area contributed by atoms with E-state index in [2.05, 4.69) is 57.2 Å². The van der Waals surface area contributed by atoms with Crippen molar-refractivity contribution in [1.82, 2.24) is 15.0 Å². The van der Waals surface area contributed by atoms with Crippen LogP contribution in [0.15, 0.2) is 30.5 Å². The summed E-state index contributed by atoms with van der Waals surface area (Å²) < 4.78 is 3.08. The molecule has 0 saturated heterocycles. The molecule has 0 spiro atoms. The maximum atomic E-state index is 5.46. The van der Waals surface area contributed by atoms with Crippen molar-refractivity contribution in [2.45, 2.75) is 13.0 Å². The number of rotatable bonds is 4. The van der Waals surface area contributed by atoms with Crippen molar-refractivity contribution in [2.24, 2.45) is 5.73 Å². The topological polar surface area (TPSA) is 56.7 Å². The van der Waals surface area contributed by atoms with E-state index in [1.54, 1.807) is 0 Å². The SMILES string of the molecule is NCCc1cn(Cc2ccc(I)cc2)nn1. The second-order valence-corrected chi connectivity index (χ2v) is 4.82. The van der Waals surface area contributed by atoms with Crippen molar-refractivity contribution in [2.75, 3.05) is 6.54 Å². The van der Waals surface area contributed by atoms with Crippen LogP contribution in [0.1, 0.15) is 11.3 Å². The molecule has 0 bridgehead atoms. The average molecular weight is 328 g/mol. The zero-order valence-corrected chi connectivity index (χ0v) is 11.0. The van der Waals surface area contributed by atoms with Crippen molar-refractivity contribution in [3.63, 3.8) is 0 Å². The van der Waals surface area contributed by atoms with Crippen LogP contribution in [-0.4, -0.2) is 21.5 Å². The molecular weight excluding hydrogens is 315 g/mol. The molecule has 0 aliphatic carbocycles. The first-order valence-corrected chi connectivity index (χ1v) is 6.19. The fourth-order valence-electron chi connectivity index (χ4n) is 1.46. The van der Waals surface area contributed by atoms with E-state index in [0.29, 0.717) is 6.54 Å². The van der Waals surface area contributed by atoms with Gasteiger partial charge < -0.3 is 5.73 Å². The van der Waals surface area contributed by atoms with Crippen LogP contribution in [0.2, 0.25) is 0 Å². The van der Waals surface area contributed by atoms with Gasteiger partial charge in [0.2, 0.25) is 0 Å². The quantitative estimate of drug-likeness (QED) is 0.864. The van der Waals surface area contributed by atoms with E-state index in [4.69, 9.17) is 5.73 Å². The molecule has 4 nitrogen and oxygen atoms in total. The number of halogens is 1. The lowest BCUT2D eigenvalue weighted by Gasteiger charge is -2.00. The molecule has 0 unspecified atom stereocenters. The number of benzene rings is 1. The van der Waals surface area contributed by atoms with Gasteiger partial charge in [-0.25, -0.2) is 4.68 Å². The fraction of sp³-hybridized carbons (Fsp3) is 0.273. The standard InChI is InChI=1S/C11H13IN4/c12-10-3-1-9(2-4-10)7-16-8-11(5-6-13)14-15-16/h1-4,8H,5-7,13H2. The first-order chi connectivity index (χ1) is 7.78. The molecule has 2 aromatic rings. The second-order valence-electron chi connectivity index (χ2n) is 3.57. The van der Waals surface area contributed by atoms with Gasteiger partial charge in [-0.1, -0.05) is 17.3 Å². The summed E-state index contributed by atoms with van der Waals surface area (Å²) in [5.41, 5.74) is 7.64. The van der Waals surface area contributed by atoms with E-state index in [9.17, 15) is 0 Å². The molecule has 0 saturated carbocycles. The van der Waals surface area contributed by atoms with Crippen molar-refractivity contribution < 1.29 is 0 Å². The van der Waals surface area contributed by atoms with E-state index in [-0.39, 0.29) is 0 Å². The van der Waals surface area contributed by atoms with E-state index in [1.807, 2.05) is 10.9 Å². The van der Waals surface area contributed by atoms with E-state index in [0.717, 1.165) is 18.7 Å². The lowest BCUT2D eigenvalue weighted by molar-refractivity contribution is 0.649. The van der Waals surface area contributed by atoms with E-state index < -0.39 is 0 Å². The smallest absolute Gasteiger partial charge is 0.0839 e. The normalized spacial score (nSPS) is 10.6. The monoisotopic (exact) mass is 328 g/mol. The largest absolute Gasteiger partial charge is 0.330 e. The minimum Gasteiger partial charge on any atom is -0.330 e. The Kier molecular flexibility index (Phi) is 3.89. The summed E-state index contributed by atoms with van der Waals surface area (Å²) in [7, 11) is 0. The number of nitrogens with two attached hydrogens (primary N) is 1. The van der Waals surface area contributed by atoms with Crippen LogP contribution in [-0.2, 0) is 13.0 Å². The van der Waals surface area contributed by atoms with Gasteiger partial charge in [-0.2, -0.15) is 0 Å². The first-order valence-electron chi connectivity index (χ1n) is 5.11. The molecule has 0 aliphatic heterocycles. The summed E-state index contributed by atoms with van der Waals surface area (Å²) in [5.74, 6) is 0. The Bertz CT molecular complexity index is 449. The van der Waals surface area contributed by atoms with E-state index in [1.165, 1.54) is 9.13 Å². The van der Waals surface area contributed by atoms with E-state index >= 15 is 0 Å². The van der Waals surface area contributed by atoms with Crippen LogP contribution in [0.3, 0.4) is 0 Å². The Labute approximate surface area is 108 Å². The van der Waals surface area contributed by atoms with Crippen LogP contribution in [0.5, 0.6) is 0 Å². The molecular formula is C11H13IN4. The van der Waals surface area contributed by atoms with Gasteiger partial charge in [0.25, 0.3) is 0 Å². The predicted octanol–water partition coefficient (Wildman–Crippen LogP) is 1.43. The van der Waals surface area contributed by atoms with Gasteiger partial charge in [0.1, 0.15) is 0 Å². The highest BCUT2D eigenvalue weighted by Gasteiger charge is 2.00. The minimum absolute atomic E-state index is 0.613. The summed E-state index contributed by atoms with van der Waals surface area (Å²) in [6.45, 7) is 1.37. The fourth-order valence-corrected chi connectivity index (χ4v) is 1.81. The van der Waals surface area contributed by atoms with Gasteiger partial charge >= 0.3 is 0 Å².